The molecule has 2 unspecified atom stereocenters. The predicted molar refractivity (Wildman–Crippen MR) is 91.0 cm³/mol. The smallest absolute Gasteiger partial charge is 0.325 e. The number of ether oxygens (including phenoxy) is 1. The third kappa shape index (κ3) is 2.66. The van der Waals surface area contributed by atoms with Gasteiger partial charge in [-0.3, -0.25) is 29.1 Å². The number of β-amino-alcohol motifs (C(OH)–C–C–N with tert-alkyl or cyclic N) is 1. The molecular weight excluding hydrogens is 338 g/mol. The zero-order valence-corrected chi connectivity index (χ0v) is 15.2. The number of amides is 2. The second kappa shape index (κ2) is 6.58. The number of carbonyl (C=O) groups excluding carboxylic acids is 3. The minimum Gasteiger partial charge on any atom is -0.468 e. The topological polar surface area (TPSA) is 90.4 Å². The molecule has 4 rings (SSSR count). The highest BCUT2D eigenvalue weighted by Gasteiger charge is 2.65. The van der Waals surface area contributed by atoms with E-state index in [2.05, 4.69) is 9.64 Å². The maximum Gasteiger partial charge on any atom is 0.325 e. The third-order valence-electron chi connectivity index (χ3n) is 6.56. The number of likely N-dealkylation sites (tertiary alicyclic amines) is 1. The van der Waals surface area contributed by atoms with Crippen LogP contribution in [0.3, 0.4) is 0 Å². The van der Waals surface area contributed by atoms with Crippen molar-refractivity contribution >= 4 is 17.8 Å². The average Bonchev–Trinajstić information content (AvgIpc) is 3.00. The monoisotopic (exact) mass is 365 g/mol. The van der Waals surface area contributed by atoms with E-state index >= 15 is 0 Å². The Labute approximate surface area is 153 Å². The fourth-order valence-electron chi connectivity index (χ4n) is 5.17. The number of hydrogen-bond donors (Lipinski definition) is 1. The average molecular weight is 365 g/mol. The summed E-state index contributed by atoms with van der Waals surface area (Å²) >= 11 is 0. The zero-order valence-electron chi connectivity index (χ0n) is 15.2. The Hall–Kier alpha value is -1.51. The Bertz CT molecular complexity index is 612. The Morgan fingerprint density at radius 3 is 2.58 bits per heavy atom. The van der Waals surface area contributed by atoms with Crippen LogP contribution in [0.25, 0.3) is 0 Å². The number of rotatable bonds is 3. The summed E-state index contributed by atoms with van der Waals surface area (Å²) in [5.41, 5.74) is -0.790. The number of aliphatic hydroxyl groups excluding tert-OH is 1. The summed E-state index contributed by atoms with van der Waals surface area (Å²) in [6, 6.07) is -0.0271. The van der Waals surface area contributed by atoms with Gasteiger partial charge in [0, 0.05) is 25.7 Å². The van der Waals surface area contributed by atoms with Gasteiger partial charge in [0.1, 0.15) is 12.1 Å². The minimum absolute atomic E-state index is 0.314. The van der Waals surface area contributed by atoms with Crippen molar-refractivity contribution in [3.63, 3.8) is 0 Å². The molecule has 3 aliphatic heterocycles. The molecule has 3 heterocycles. The molecule has 0 aromatic rings. The Morgan fingerprint density at radius 2 is 1.92 bits per heavy atom. The number of imide groups is 1. The maximum atomic E-state index is 13.2. The van der Waals surface area contributed by atoms with Crippen LogP contribution >= 0.6 is 0 Å². The van der Waals surface area contributed by atoms with E-state index in [-0.39, 0.29) is 12.5 Å². The summed E-state index contributed by atoms with van der Waals surface area (Å²) in [5.74, 6) is -1.30. The maximum absolute atomic E-state index is 13.2. The standard InChI is InChI=1S/C18H27N3O5/c1-26-15(23)9-20-16(24)14-7-13(22)8-21(14)18(17(20)25)10-19(11-18)12-5-3-2-4-6-12/h12-14,22H,2-11H2,1H3. The molecule has 4 fully saturated rings. The fourth-order valence-corrected chi connectivity index (χ4v) is 5.17. The molecule has 0 bridgehead atoms. The third-order valence-corrected chi connectivity index (χ3v) is 6.56. The van der Waals surface area contributed by atoms with Crippen LogP contribution in [-0.2, 0) is 19.1 Å². The van der Waals surface area contributed by atoms with E-state index in [1.54, 1.807) is 0 Å². The molecule has 1 saturated carbocycles. The van der Waals surface area contributed by atoms with Gasteiger partial charge in [0.2, 0.25) is 5.91 Å². The number of esters is 1. The van der Waals surface area contributed by atoms with Gasteiger partial charge in [-0.1, -0.05) is 19.3 Å². The summed E-state index contributed by atoms with van der Waals surface area (Å²) < 4.78 is 4.66. The van der Waals surface area contributed by atoms with Gasteiger partial charge in [-0.25, -0.2) is 0 Å². The van der Waals surface area contributed by atoms with Crippen molar-refractivity contribution in [2.75, 3.05) is 33.3 Å². The van der Waals surface area contributed by atoms with Crippen LogP contribution in [0.5, 0.6) is 0 Å². The lowest BCUT2D eigenvalue weighted by Gasteiger charge is -2.60. The number of fused-ring (bicyclic) bond motifs is 2. The van der Waals surface area contributed by atoms with E-state index in [4.69, 9.17) is 0 Å². The summed E-state index contributed by atoms with van der Waals surface area (Å²) in [7, 11) is 1.25. The van der Waals surface area contributed by atoms with Crippen LogP contribution in [0.2, 0.25) is 0 Å². The molecule has 0 radical (unpaired) electrons. The quantitative estimate of drug-likeness (QED) is 0.525. The zero-order chi connectivity index (χ0) is 18.5. The molecule has 8 nitrogen and oxygen atoms in total. The Balaban J connectivity index is 1.57. The molecule has 144 valence electrons. The van der Waals surface area contributed by atoms with E-state index in [1.807, 2.05) is 4.90 Å². The van der Waals surface area contributed by atoms with Crippen molar-refractivity contribution < 1.29 is 24.2 Å². The van der Waals surface area contributed by atoms with Gasteiger partial charge in [0.25, 0.3) is 5.91 Å². The van der Waals surface area contributed by atoms with Crippen molar-refractivity contribution in [2.24, 2.45) is 0 Å². The van der Waals surface area contributed by atoms with E-state index < -0.39 is 29.6 Å². The van der Waals surface area contributed by atoms with Crippen molar-refractivity contribution in [1.82, 2.24) is 14.7 Å². The van der Waals surface area contributed by atoms with Crippen LogP contribution in [0.4, 0.5) is 0 Å². The molecule has 26 heavy (non-hydrogen) atoms. The normalized spacial score (nSPS) is 32.6. The number of methoxy groups -OCH3 is 1. The number of nitrogens with zero attached hydrogens (tertiary/aromatic N) is 3. The largest absolute Gasteiger partial charge is 0.468 e. The highest BCUT2D eigenvalue weighted by molar-refractivity contribution is 6.07. The molecule has 0 aromatic carbocycles. The van der Waals surface area contributed by atoms with Gasteiger partial charge in [0.15, 0.2) is 0 Å². The summed E-state index contributed by atoms with van der Waals surface area (Å²) in [6.45, 7) is 1.14. The highest BCUT2D eigenvalue weighted by atomic mass is 16.5. The first-order chi connectivity index (χ1) is 12.5. The van der Waals surface area contributed by atoms with Crippen molar-refractivity contribution in [1.29, 1.82) is 0 Å². The lowest BCUT2D eigenvalue weighted by atomic mass is 9.79. The van der Waals surface area contributed by atoms with E-state index in [0.29, 0.717) is 32.1 Å². The van der Waals surface area contributed by atoms with Crippen LogP contribution in [0.1, 0.15) is 38.5 Å². The molecule has 4 aliphatic rings. The molecule has 3 saturated heterocycles. The van der Waals surface area contributed by atoms with Crippen molar-refractivity contribution in [3.05, 3.63) is 0 Å². The number of aliphatic hydroxyl groups is 1. The molecule has 1 N–H and O–H groups in total. The first kappa shape index (κ1) is 17.9. The van der Waals surface area contributed by atoms with Gasteiger partial charge >= 0.3 is 5.97 Å². The summed E-state index contributed by atoms with van der Waals surface area (Å²) in [5, 5.41) is 10.1. The van der Waals surface area contributed by atoms with E-state index in [9.17, 15) is 19.5 Å². The van der Waals surface area contributed by atoms with Gasteiger partial charge in [0.05, 0.1) is 19.3 Å². The number of carbonyl (C=O) groups is 3. The second-order valence-electron chi connectivity index (χ2n) is 8.09. The minimum atomic E-state index is -0.790. The molecule has 1 spiro atoms. The molecule has 1 aliphatic carbocycles. The number of hydrogen-bond acceptors (Lipinski definition) is 7. The van der Waals surface area contributed by atoms with Crippen molar-refractivity contribution in [2.45, 2.75) is 62.3 Å². The van der Waals surface area contributed by atoms with Gasteiger partial charge in [-0.2, -0.15) is 0 Å². The van der Waals surface area contributed by atoms with E-state index in [1.165, 1.54) is 26.4 Å². The van der Waals surface area contributed by atoms with Crippen LogP contribution < -0.4 is 0 Å². The first-order valence-electron chi connectivity index (χ1n) is 9.58. The molecule has 2 amide bonds. The van der Waals surface area contributed by atoms with Crippen LogP contribution in [0.15, 0.2) is 0 Å². The van der Waals surface area contributed by atoms with E-state index in [0.717, 1.165) is 17.7 Å². The van der Waals surface area contributed by atoms with Gasteiger partial charge < -0.3 is 9.84 Å². The van der Waals surface area contributed by atoms with Crippen LogP contribution in [-0.4, -0.2) is 94.6 Å². The molecule has 2 atom stereocenters. The summed E-state index contributed by atoms with van der Waals surface area (Å²) in [6.07, 6.45) is 5.73. The first-order valence-corrected chi connectivity index (χ1v) is 9.58. The lowest BCUT2D eigenvalue weighted by Crippen LogP contribution is -2.82. The Kier molecular flexibility index (Phi) is 4.53. The van der Waals surface area contributed by atoms with Crippen molar-refractivity contribution in [3.8, 4) is 0 Å². The second-order valence-corrected chi connectivity index (χ2v) is 8.09. The highest BCUT2D eigenvalue weighted by Crippen LogP contribution is 2.42. The predicted octanol–water partition coefficient (Wildman–Crippen LogP) is -0.649. The van der Waals surface area contributed by atoms with Gasteiger partial charge in [-0.05, 0) is 19.3 Å². The summed E-state index contributed by atoms with van der Waals surface area (Å²) in [4.78, 5) is 43.0. The van der Waals surface area contributed by atoms with Gasteiger partial charge in [-0.15, -0.1) is 0 Å². The SMILES string of the molecule is COC(=O)CN1C(=O)C2CC(O)CN2C2(CN(C3CCCCC3)C2)C1=O. The fraction of sp³-hybridized carbons (Fsp3) is 0.833. The molecule has 0 aromatic heterocycles. The lowest BCUT2D eigenvalue weighted by molar-refractivity contribution is -0.185. The Morgan fingerprint density at radius 1 is 1.23 bits per heavy atom. The molecular formula is C18H27N3O5. The van der Waals surface area contributed by atoms with Crippen LogP contribution in [0, 0.1) is 0 Å². The molecule has 8 heteroatoms. The number of piperazine rings is 1.